The summed E-state index contributed by atoms with van der Waals surface area (Å²) in [7, 11) is 0. The van der Waals surface area contributed by atoms with Gasteiger partial charge in [-0.05, 0) is 47.9 Å². The molecule has 0 saturated heterocycles. The van der Waals surface area contributed by atoms with Gasteiger partial charge in [0.25, 0.3) is 5.91 Å². The van der Waals surface area contributed by atoms with E-state index in [4.69, 9.17) is 13.9 Å². The largest absolute Gasteiger partial charge is 0.454 e. The lowest BCUT2D eigenvalue weighted by Crippen LogP contribution is -2.27. The average Bonchev–Trinajstić information content (AvgIpc) is 3.54. The van der Waals surface area contributed by atoms with Crippen molar-refractivity contribution in [3.8, 4) is 11.5 Å². The fourth-order valence-corrected chi connectivity index (χ4v) is 4.13. The highest BCUT2D eigenvalue weighted by molar-refractivity contribution is 5.92. The van der Waals surface area contributed by atoms with Crippen LogP contribution in [0.2, 0.25) is 0 Å². The zero-order valence-corrected chi connectivity index (χ0v) is 19.8. The molecule has 1 aliphatic heterocycles. The van der Waals surface area contributed by atoms with Gasteiger partial charge in [-0.3, -0.25) is 9.69 Å². The number of nitrogens with one attached hydrogen (secondary N) is 1. The number of nitrogens with zero attached hydrogens (tertiary/aromatic N) is 2. The lowest BCUT2D eigenvalue weighted by Gasteiger charge is -2.21. The van der Waals surface area contributed by atoms with E-state index in [0.717, 1.165) is 16.7 Å². The lowest BCUT2D eigenvalue weighted by atomic mass is 10.1. The second-order valence-corrected chi connectivity index (χ2v) is 8.70. The smallest absolute Gasteiger partial charge is 0.273 e. The van der Waals surface area contributed by atoms with E-state index in [2.05, 4.69) is 15.2 Å². The van der Waals surface area contributed by atoms with Crippen LogP contribution in [0.4, 0.5) is 4.39 Å². The third-order valence-electron chi connectivity index (χ3n) is 5.93. The zero-order valence-electron chi connectivity index (χ0n) is 19.8. The normalized spacial score (nSPS) is 13.1. The maximum Gasteiger partial charge on any atom is 0.273 e. The van der Waals surface area contributed by atoms with Gasteiger partial charge in [-0.25, -0.2) is 9.37 Å². The third kappa shape index (κ3) is 5.72. The summed E-state index contributed by atoms with van der Waals surface area (Å²) in [6.45, 7) is 3.44. The van der Waals surface area contributed by atoms with Crippen molar-refractivity contribution in [3.05, 3.63) is 113 Å². The Kier molecular flexibility index (Phi) is 6.95. The first-order valence-electron chi connectivity index (χ1n) is 11.7. The molecule has 0 aliphatic carbocycles. The van der Waals surface area contributed by atoms with Gasteiger partial charge in [0.15, 0.2) is 17.2 Å². The number of halogens is 1. The number of benzene rings is 3. The molecule has 0 radical (unpaired) electrons. The summed E-state index contributed by atoms with van der Waals surface area (Å²) in [6.07, 6.45) is 1.36. The molecular weight excluding hydrogens is 461 g/mol. The van der Waals surface area contributed by atoms with Crippen LogP contribution in [0.25, 0.3) is 0 Å². The van der Waals surface area contributed by atoms with Crippen LogP contribution >= 0.6 is 0 Å². The van der Waals surface area contributed by atoms with Gasteiger partial charge in [0.2, 0.25) is 12.7 Å². The predicted octanol–water partition coefficient (Wildman–Crippen LogP) is 5.24. The Balaban J connectivity index is 1.30. The maximum atomic E-state index is 13.8. The van der Waals surface area contributed by atoms with E-state index in [1.165, 1.54) is 18.4 Å². The minimum absolute atomic E-state index is 0.172. The van der Waals surface area contributed by atoms with Crippen molar-refractivity contribution >= 4 is 5.91 Å². The first-order chi connectivity index (χ1) is 17.5. The Labute approximate surface area is 208 Å². The van der Waals surface area contributed by atoms with Crippen LogP contribution in [-0.4, -0.2) is 22.6 Å². The summed E-state index contributed by atoms with van der Waals surface area (Å²) in [5.74, 6) is 1.20. The predicted molar refractivity (Wildman–Crippen MR) is 131 cm³/mol. The van der Waals surface area contributed by atoms with Crippen molar-refractivity contribution < 1.29 is 23.1 Å². The molecule has 5 rings (SSSR count). The average molecular weight is 488 g/mol. The van der Waals surface area contributed by atoms with Crippen LogP contribution in [0.1, 0.15) is 46.0 Å². The number of carbonyl (C=O) groups excluding carboxylic acids is 1. The molecule has 1 atom stereocenters. The Morgan fingerprint density at radius 3 is 2.56 bits per heavy atom. The number of ether oxygens (including phenoxy) is 2. The molecule has 0 saturated carbocycles. The molecule has 1 aliphatic rings. The van der Waals surface area contributed by atoms with Gasteiger partial charge >= 0.3 is 0 Å². The molecule has 184 valence electrons. The minimum Gasteiger partial charge on any atom is -0.454 e. The van der Waals surface area contributed by atoms with Crippen LogP contribution in [-0.2, 0) is 19.6 Å². The first-order valence-corrected chi connectivity index (χ1v) is 11.7. The number of amides is 1. The van der Waals surface area contributed by atoms with Gasteiger partial charge in [-0.1, -0.05) is 48.5 Å². The Morgan fingerprint density at radius 1 is 0.972 bits per heavy atom. The van der Waals surface area contributed by atoms with Gasteiger partial charge in [0.1, 0.15) is 12.1 Å². The Morgan fingerprint density at radius 2 is 1.75 bits per heavy atom. The summed E-state index contributed by atoms with van der Waals surface area (Å²) in [5.41, 5.74) is 3.02. The number of fused-ring (bicyclic) bond motifs is 1. The highest BCUT2D eigenvalue weighted by atomic mass is 19.1. The fourth-order valence-electron chi connectivity index (χ4n) is 4.13. The van der Waals surface area contributed by atoms with Crippen molar-refractivity contribution in [3.63, 3.8) is 0 Å². The topological polar surface area (TPSA) is 76.8 Å². The van der Waals surface area contributed by atoms with E-state index < -0.39 is 0 Å². The third-order valence-corrected chi connectivity index (χ3v) is 5.93. The van der Waals surface area contributed by atoms with Gasteiger partial charge in [0.05, 0.1) is 12.6 Å². The van der Waals surface area contributed by atoms with Crippen LogP contribution in [0.3, 0.4) is 0 Å². The molecule has 1 aromatic heterocycles. The number of hydrogen-bond donors (Lipinski definition) is 1. The fraction of sp³-hybridized carbons (Fsp3) is 0.214. The van der Waals surface area contributed by atoms with Gasteiger partial charge < -0.3 is 19.2 Å². The van der Waals surface area contributed by atoms with Crippen LogP contribution in [0, 0.1) is 5.82 Å². The van der Waals surface area contributed by atoms with E-state index in [1.807, 2.05) is 61.5 Å². The molecule has 0 bridgehead atoms. The van der Waals surface area contributed by atoms with Crippen LogP contribution < -0.4 is 14.8 Å². The summed E-state index contributed by atoms with van der Waals surface area (Å²) in [4.78, 5) is 19.2. The molecule has 1 N–H and O–H groups in total. The second-order valence-electron chi connectivity index (χ2n) is 8.70. The molecule has 1 amide bonds. The van der Waals surface area contributed by atoms with E-state index in [1.54, 1.807) is 6.07 Å². The first kappa shape index (κ1) is 23.6. The summed E-state index contributed by atoms with van der Waals surface area (Å²) < 4.78 is 30.4. The molecule has 7 nitrogen and oxygen atoms in total. The number of rotatable bonds is 9. The van der Waals surface area contributed by atoms with E-state index in [0.29, 0.717) is 37.0 Å². The molecule has 8 heteroatoms. The van der Waals surface area contributed by atoms with Gasteiger partial charge in [-0.15, -0.1) is 0 Å². The quantitative estimate of drug-likeness (QED) is 0.348. The SMILES string of the molecule is C[C@@H](NC(=O)c1coc(CN(Cc2cccc(F)c2)Cc2ccc3c(c2)OCO3)n1)c1ccccc1. The molecule has 2 heterocycles. The highest BCUT2D eigenvalue weighted by Gasteiger charge is 2.19. The van der Waals surface area contributed by atoms with E-state index in [-0.39, 0.29) is 30.3 Å². The molecule has 0 unspecified atom stereocenters. The molecule has 0 fully saturated rings. The standard InChI is InChI=1S/C28H26FN3O4/c1-19(22-7-3-2-4-8-22)30-28(33)24-17-34-27(31-24)16-32(14-20-6-5-9-23(29)12-20)15-21-10-11-25-26(13-21)36-18-35-25/h2-13,17,19H,14-16,18H2,1H3,(H,30,33)/t19-/m1/s1. The molecular formula is C28H26FN3O4. The van der Waals surface area contributed by atoms with Crippen LogP contribution in [0.15, 0.2) is 83.5 Å². The number of hydrogen-bond acceptors (Lipinski definition) is 6. The van der Waals surface area contributed by atoms with Crippen molar-refractivity contribution in [2.75, 3.05) is 6.79 Å². The van der Waals surface area contributed by atoms with E-state index in [9.17, 15) is 9.18 Å². The van der Waals surface area contributed by atoms with Crippen molar-refractivity contribution in [2.45, 2.75) is 32.6 Å². The van der Waals surface area contributed by atoms with E-state index >= 15 is 0 Å². The summed E-state index contributed by atoms with van der Waals surface area (Å²) >= 11 is 0. The van der Waals surface area contributed by atoms with Crippen molar-refractivity contribution in [1.29, 1.82) is 0 Å². The zero-order chi connectivity index (χ0) is 24.9. The number of oxazole rings is 1. The molecule has 3 aromatic carbocycles. The maximum absolute atomic E-state index is 13.8. The lowest BCUT2D eigenvalue weighted by molar-refractivity contribution is 0.0934. The summed E-state index contributed by atoms with van der Waals surface area (Å²) in [6, 6.07) is 21.8. The molecule has 0 spiro atoms. The van der Waals surface area contributed by atoms with Gasteiger partial charge in [-0.2, -0.15) is 0 Å². The Bertz CT molecular complexity index is 1340. The van der Waals surface area contributed by atoms with Crippen molar-refractivity contribution in [2.24, 2.45) is 0 Å². The monoisotopic (exact) mass is 487 g/mol. The van der Waals surface area contributed by atoms with Crippen molar-refractivity contribution in [1.82, 2.24) is 15.2 Å². The highest BCUT2D eigenvalue weighted by Crippen LogP contribution is 2.33. The Hall–Kier alpha value is -4.17. The number of carbonyl (C=O) groups is 1. The second kappa shape index (κ2) is 10.6. The van der Waals surface area contributed by atoms with Gasteiger partial charge in [0, 0.05) is 13.1 Å². The molecule has 4 aromatic rings. The summed E-state index contributed by atoms with van der Waals surface area (Å²) in [5, 5.41) is 2.95. The minimum atomic E-state index is -0.311. The van der Waals surface area contributed by atoms with Crippen LogP contribution in [0.5, 0.6) is 11.5 Å². The molecule has 36 heavy (non-hydrogen) atoms. The number of aromatic nitrogens is 1.